The number of hydrogen-bond acceptors (Lipinski definition) is 11. The number of benzene rings is 2. The highest BCUT2D eigenvalue weighted by atomic mass is 32.2. The van der Waals surface area contributed by atoms with E-state index in [9.17, 15) is 8.42 Å². The summed E-state index contributed by atoms with van der Waals surface area (Å²) in [7, 11) is 0.186. The Labute approximate surface area is 247 Å². The van der Waals surface area contributed by atoms with E-state index in [0.717, 1.165) is 76.3 Å². The van der Waals surface area contributed by atoms with Gasteiger partial charge in [-0.2, -0.15) is 4.98 Å². The number of nitrogens with zero attached hydrogens (tertiary/aromatic N) is 6. The van der Waals surface area contributed by atoms with Crippen molar-refractivity contribution < 1.29 is 13.2 Å². The van der Waals surface area contributed by atoms with E-state index < -0.39 is 10.0 Å². The van der Waals surface area contributed by atoms with Crippen LogP contribution in [0.3, 0.4) is 0 Å². The van der Waals surface area contributed by atoms with Crippen molar-refractivity contribution in [2.75, 3.05) is 69.0 Å². The van der Waals surface area contributed by atoms with Crippen LogP contribution < -0.4 is 25.0 Å². The van der Waals surface area contributed by atoms with Gasteiger partial charge in [-0.05, 0) is 57.0 Å². The first kappa shape index (κ1) is 28.6. The molecular weight excluding hydrogens is 554 g/mol. The molecule has 1 aromatic heterocycles. The number of nitrogens with one attached hydrogen (secondary N) is 3. The first-order valence-electron chi connectivity index (χ1n) is 14.6. The Morgan fingerprint density at radius 1 is 0.857 bits per heavy atom. The summed E-state index contributed by atoms with van der Waals surface area (Å²) in [5.74, 6) is 1.22. The van der Waals surface area contributed by atoms with Gasteiger partial charge in [-0.25, -0.2) is 23.1 Å². The summed E-state index contributed by atoms with van der Waals surface area (Å²) in [6.07, 6.45) is 5.42. The van der Waals surface area contributed by atoms with Crippen LogP contribution in [0.1, 0.15) is 25.7 Å². The standard InChI is InChI=1S/C29H39N9O3S/c1-36-15-17-38(18-16-36)22-11-13-37(14-12-22)23-9-10-24(26(19-23)41-2)32-28-30-20-31-29(34-28)33-25-5-3-4-6-27(25)42(39,40)35-21-7-8-21/h3-6,9-10,19-22,35H,7-8,11-18H2,1-2H3,(H2,30,31,32,33,34). The van der Waals surface area contributed by atoms with E-state index in [0.29, 0.717) is 23.4 Å². The molecule has 12 nitrogen and oxygen atoms in total. The average Bonchev–Trinajstić information content (AvgIpc) is 3.82. The number of aromatic nitrogens is 3. The van der Waals surface area contributed by atoms with Crippen molar-refractivity contribution in [3.8, 4) is 5.75 Å². The fourth-order valence-electron chi connectivity index (χ4n) is 5.60. The second kappa shape index (κ2) is 12.4. The summed E-state index contributed by atoms with van der Waals surface area (Å²) in [6.45, 7) is 6.65. The number of rotatable bonds is 10. The molecule has 3 fully saturated rings. The third-order valence-corrected chi connectivity index (χ3v) is 9.79. The number of likely N-dealkylation sites (N-methyl/N-ethyl adjacent to an activating group) is 1. The monoisotopic (exact) mass is 593 g/mol. The average molecular weight is 594 g/mol. The normalized spacial score (nSPS) is 19.0. The molecular formula is C29H39N9O3S. The lowest BCUT2D eigenvalue weighted by molar-refractivity contribution is 0.0982. The zero-order chi connectivity index (χ0) is 29.1. The van der Waals surface area contributed by atoms with Gasteiger partial charge in [-0.3, -0.25) is 4.90 Å². The molecule has 6 rings (SSSR count). The fourth-order valence-corrected chi connectivity index (χ4v) is 7.07. The number of sulfonamides is 1. The van der Waals surface area contributed by atoms with Crippen LogP contribution in [0.25, 0.3) is 0 Å². The quantitative estimate of drug-likeness (QED) is 0.321. The molecule has 0 atom stereocenters. The molecule has 3 aliphatic rings. The molecule has 3 aromatic rings. The summed E-state index contributed by atoms with van der Waals surface area (Å²) >= 11 is 0. The Morgan fingerprint density at radius 2 is 1.55 bits per heavy atom. The zero-order valence-corrected chi connectivity index (χ0v) is 25.0. The smallest absolute Gasteiger partial charge is 0.242 e. The van der Waals surface area contributed by atoms with E-state index in [1.165, 1.54) is 6.33 Å². The van der Waals surface area contributed by atoms with Crippen molar-refractivity contribution in [1.29, 1.82) is 0 Å². The summed E-state index contributed by atoms with van der Waals surface area (Å²) in [6, 6.07) is 13.5. The Hall–Kier alpha value is -3.52. The van der Waals surface area contributed by atoms with Gasteiger partial charge < -0.3 is 25.2 Å². The highest BCUT2D eigenvalue weighted by molar-refractivity contribution is 7.89. The maximum absolute atomic E-state index is 12.9. The van der Waals surface area contributed by atoms with Crippen molar-refractivity contribution in [3.05, 3.63) is 48.8 Å². The minimum absolute atomic E-state index is 0.00584. The Kier molecular flexibility index (Phi) is 8.43. The lowest BCUT2D eigenvalue weighted by Crippen LogP contribution is -2.52. The molecule has 224 valence electrons. The van der Waals surface area contributed by atoms with E-state index in [4.69, 9.17) is 4.74 Å². The summed E-state index contributed by atoms with van der Waals surface area (Å²) < 4.78 is 34.2. The van der Waals surface area contributed by atoms with Crippen LogP contribution in [0.15, 0.2) is 53.7 Å². The first-order chi connectivity index (χ1) is 20.4. The number of ether oxygens (including phenoxy) is 1. The zero-order valence-electron chi connectivity index (χ0n) is 24.2. The van der Waals surface area contributed by atoms with E-state index in [2.05, 4.69) is 58.1 Å². The van der Waals surface area contributed by atoms with Gasteiger partial charge >= 0.3 is 0 Å². The van der Waals surface area contributed by atoms with E-state index in [-0.39, 0.29) is 16.9 Å². The van der Waals surface area contributed by atoms with Crippen LogP contribution in [-0.4, -0.2) is 98.7 Å². The van der Waals surface area contributed by atoms with Crippen molar-refractivity contribution in [2.24, 2.45) is 0 Å². The largest absolute Gasteiger partial charge is 0.494 e. The Morgan fingerprint density at radius 3 is 2.24 bits per heavy atom. The van der Waals surface area contributed by atoms with Crippen LogP contribution in [-0.2, 0) is 10.0 Å². The molecule has 3 N–H and O–H groups in total. The van der Waals surface area contributed by atoms with Crippen LogP contribution in [0.5, 0.6) is 5.75 Å². The molecule has 0 spiro atoms. The first-order valence-corrected chi connectivity index (χ1v) is 16.1. The number of piperazine rings is 1. The molecule has 0 unspecified atom stereocenters. The molecule has 1 aliphatic carbocycles. The van der Waals surface area contributed by atoms with Crippen molar-refractivity contribution in [3.63, 3.8) is 0 Å². The predicted molar refractivity (Wildman–Crippen MR) is 163 cm³/mol. The molecule has 0 radical (unpaired) electrons. The Bertz CT molecular complexity index is 1490. The molecule has 2 aromatic carbocycles. The second-order valence-electron chi connectivity index (χ2n) is 11.2. The number of para-hydroxylation sites is 1. The SMILES string of the molecule is COc1cc(N2CCC(N3CCN(C)CC3)CC2)ccc1Nc1ncnc(Nc2ccccc2S(=O)(=O)NC2CC2)n1. The molecule has 1 saturated carbocycles. The maximum Gasteiger partial charge on any atom is 0.242 e. The Balaban J connectivity index is 1.11. The number of anilines is 5. The van der Waals surface area contributed by atoms with E-state index >= 15 is 0 Å². The minimum Gasteiger partial charge on any atom is -0.494 e. The molecule has 42 heavy (non-hydrogen) atoms. The number of piperidine rings is 1. The molecule has 13 heteroatoms. The lowest BCUT2D eigenvalue weighted by Gasteiger charge is -2.42. The van der Waals surface area contributed by atoms with Gasteiger partial charge in [0.1, 0.15) is 17.0 Å². The maximum atomic E-state index is 12.9. The number of hydrogen-bond donors (Lipinski definition) is 3. The lowest BCUT2D eigenvalue weighted by atomic mass is 10.0. The van der Waals surface area contributed by atoms with Gasteiger partial charge in [-0.15, -0.1) is 0 Å². The van der Waals surface area contributed by atoms with E-state index in [1.54, 1.807) is 31.4 Å². The van der Waals surface area contributed by atoms with Gasteiger partial charge in [0.2, 0.25) is 21.9 Å². The fraction of sp³-hybridized carbons (Fsp3) is 0.483. The highest BCUT2D eigenvalue weighted by Crippen LogP contribution is 2.33. The summed E-state index contributed by atoms with van der Waals surface area (Å²) in [4.78, 5) is 20.6. The topological polar surface area (TPSA) is 128 Å². The van der Waals surface area contributed by atoms with Gasteiger partial charge in [0.15, 0.2) is 0 Å². The molecule has 3 heterocycles. The van der Waals surface area contributed by atoms with Gasteiger partial charge in [-0.1, -0.05) is 12.1 Å². The predicted octanol–water partition coefficient (Wildman–Crippen LogP) is 3.02. The molecule has 0 amide bonds. The summed E-state index contributed by atoms with van der Waals surface area (Å²) in [5, 5.41) is 6.27. The van der Waals surface area contributed by atoms with Crippen LogP contribution >= 0.6 is 0 Å². The third-order valence-electron chi connectivity index (χ3n) is 8.21. The van der Waals surface area contributed by atoms with Gasteiger partial charge in [0.05, 0.1) is 18.5 Å². The highest BCUT2D eigenvalue weighted by Gasteiger charge is 2.30. The molecule has 2 aliphatic heterocycles. The van der Waals surface area contributed by atoms with E-state index in [1.807, 2.05) is 12.1 Å². The van der Waals surface area contributed by atoms with Crippen molar-refractivity contribution in [1.82, 2.24) is 29.5 Å². The van der Waals surface area contributed by atoms with Crippen molar-refractivity contribution >= 4 is 39.0 Å². The van der Waals surface area contributed by atoms with Crippen LogP contribution in [0, 0.1) is 0 Å². The third kappa shape index (κ3) is 6.75. The summed E-state index contributed by atoms with van der Waals surface area (Å²) in [5.41, 5.74) is 2.24. The number of methoxy groups -OCH3 is 1. The molecule has 2 saturated heterocycles. The van der Waals surface area contributed by atoms with Crippen LogP contribution in [0.4, 0.5) is 29.0 Å². The van der Waals surface area contributed by atoms with Crippen molar-refractivity contribution in [2.45, 2.75) is 42.7 Å². The van der Waals surface area contributed by atoms with Gasteiger partial charge in [0.25, 0.3) is 0 Å². The molecule has 0 bridgehead atoms. The minimum atomic E-state index is -3.66. The second-order valence-corrected chi connectivity index (χ2v) is 12.9. The van der Waals surface area contributed by atoms with Crippen LogP contribution in [0.2, 0.25) is 0 Å². The van der Waals surface area contributed by atoms with Gasteiger partial charge in [0, 0.05) is 63.1 Å².